The largest absolute Gasteiger partial charge is 0.493 e. The maximum Gasteiger partial charge on any atom is 0.471 e. The molecular weight excluding hydrogens is 381 g/mol. The fourth-order valence-corrected chi connectivity index (χ4v) is 3.15. The van der Waals surface area contributed by atoms with Gasteiger partial charge in [-0.2, -0.15) is 18.2 Å². The second-order valence-corrected chi connectivity index (χ2v) is 7.14. The van der Waals surface area contributed by atoms with Crippen molar-refractivity contribution in [3.05, 3.63) is 29.2 Å². The summed E-state index contributed by atoms with van der Waals surface area (Å²) in [6.45, 7) is 4.32. The molecule has 0 bridgehead atoms. The van der Waals surface area contributed by atoms with Crippen LogP contribution in [0.2, 0.25) is 0 Å². The van der Waals surface area contributed by atoms with Crippen molar-refractivity contribution in [2.75, 3.05) is 6.61 Å². The Labute approximate surface area is 169 Å². The molecule has 1 aromatic heterocycles. The maximum absolute atomic E-state index is 12.6. The quantitative estimate of drug-likeness (QED) is 0.314. The van der Waals surface area contributed by atoms with Gasteiger partial charge in [0.2, 0.25) is 5.82 Å². The minimum atomic E-state index is -4.65. The van der Waals surface area contributed by atoms with Crippen molar-refractivity contribution in [1.29, 1.82) is 0 Å². The van der Waals surface area contributed by atoms with Crippen molar-refractivity contribution < 1.29 is 22.4 Å². The molecule has 29 heavy (non-hydrogen) atoms. The highest BCUT2D eigenvalue weighted by molar-refractivity contribution is 5.61. The summed E-state index contributed by atoms with van der Waals surface area (Å²) < 4.78 is 48.1. The van der Waals surface area contributed by atoms with Crippen molar-refractivity contribution in [3.63, 3.8) is 0 Å². The van der Waals surface area contributed by atoms with Gasteiger partial charge in [0.25, 0.3) is 0 Å². The van der Waals surface area contributed by atoms with Crippen molar-refractivity contribution in [2.24, 2.45) is 0 Å². The number of benzene rings is 1. The van der Waals surface area contributed by atoms with Crippen LogP contribution in [0.5, 0.6) is 5.75 Å². The van der Waals surface area contributed by atoms with Crippen LogP contribution >= 0.6 is 0 Å². The van der Waals surface area contributed by atoms with Gasteiger partial charge < -0.3 is 9.26 Å². The molecule has 0 atom stereocenters. The molecular formula is C22H27F3N2O2. The molecule has 2 aromatic rings. The molecule has 0 aliphatic heterocycles. The van der Waals surface area contributed by atoms with Crippen molar-refractivity contribution in [2.45, 2.75) is 71.4 Å². The van der Waals surface area contributed by atoms with Crippen molar-refractivity contribution in [3.8, 4) is 29.5 Å². The molecule has 0 aliphatic rings. The summed E-state index contributed by atoms with van der Waals surface area (Å²) >= 11 is 0. The zero-order valence-electron chi connectivity index (χ0n) is 16.9. The van der Waals surface area contributed by atoms with Crippen LogP contribution in [0.4, 0.5) is 13.2 Å². The van der Waals surface area contributed by atoms with Crippen LogP contribution < -0.4 is 4.74 Å². The Morgan fingerprint density at radius 2 is 1.59 bits per heavy atom. The molecule has 0 saturated carbocycles. The summed E-state index contributed by atoms with van der Waals surface area (Å²) in [5, 5.41) is 3.44. The second-order valence-electron chi connectivity index (χ2n) is 7.14. The number of ether oxygens (including phenoxy) is 1. The van der Waals surface area contributed by atoms with Crippen LogP contribution in [-0.2, 0) is 6.18 Å². The zero-order chi connectivity index (χ0) is 21.3. The van der Waals surface area contributed by atoms with Gasteiger partial charge in [-0.1, -0.05) is 37.3 Å². The van der Waals surface area contributed by atoms with E-state index in [-0.39, 0.29) is 5.82 Å². The standard InChI is InChI=1S/C22H27F3N2O2/c1-4-5-6-7-8-9-10-11-12-13-28-19-16(2)14-18(15-17(19)3)20-26-21(29-27-20)22(23,24)25/h1,14-15H,5-13H2,2-3H3. The average molecular weight is 408 g/mol. The number of unbranched alkanes of at least 4 members (excludes halogenated alkanes) is 7. The van der Waals surface area contributed by atoms with E-state index < -0.39 is 12.1 Å². The van der Waals surface area contributed by atoms with E-state index in [4.69, 9.17) is 11.2 Å². The molecule has 2 rings (SSSR count). The number of rotatable bonds is 11. The summed E-state index contributed by atoms with van der Waals surface area (Å²) in [6, 6.07) is 3.42. The van der Waals surface area contributed by atoms with E-state index in [1.54, 1.807) is 12.1 Å². The topological polar surface area (TPSA) is 48.2 Å². The number of aromatic nitrogens is 2. The molecule has 1 heterocycles. The Kier molecular flexibility index (Phi) is 8.56. The van der Waals surface area contributed by atoms with Crippen molar-refractivity contribution >= 4 is 0 Å². The molecule has 0 amide bonds. The highest BCUT2D eigenvalue weighted by Crippen LogP contribution is 2.32. The summed E-state index contributed by atoms with van der Waals surface area (Å²) in [7, 11) is 0. The van der Waals surface area contributed by atoms with E-state index >= 15 is 0 Å². The van der Waals surface area contributed by atoms with Crippen LogP contribution in [0.25, 0.3) is 11.4 Å². The lowest BCUT2D eigenvalue weighted by Crippen LogP contribution is -2.05. The zero-order valence-corrected chi connectivity index (χ0v) is 16.9. The van der Waals surface area contributed by atoms with Crippen LogP contribution in [0.3, 0.4) is 0 Å². The molecule has 0 N–H and O–H groups in total. The van der Waals surface area contributed by atoms with Gasteiger partial charge in [-0.25, -0.2) is 0 Å². The average Bonchev–Trinajstić information content (AvgIpc) is 3.15. The summed E-state index contributed by atoms with van der Waals surface area (Å²) in [5.41, 5.74) is 2.12. The van der Waals surface area contributed by atoms with E-state index in [0.717, 1.165) is 42.6 Å². The number of hydrogen-bond donors (Lipinski definition) is 0. The molecule has 0 spiro atoms. The monoisotopic (exact) mass is 408 g/mol. The SMILES string of the molecule is C#CCCCCCCCCCOc1c(C)cc(-c2noc(C(F)(F)F)n2)cc1C. The van der Waals surface area contributed by atoms with Gasteiger partial charge in [-0.15, -0.1) is 12.3 Å². The summed E-state index contributed by atoms with van der Waals surface area (Å²) in [5.74, 6) is 1.98. The number of halogens is 3. The lowest BCUT2D eigenvalue weighted by Gasteiger charge is -2.13. The van der Waals surface area contributed by atoms with Gasteiger partial charge in [0, 0.05) is 12.0 Å². The molecule has 0 aliphatic carbocycles. The first-order valence-corrected chi connectivity index (χ1v) is 9.91. The number of terminal acetylenes is 1. The fourth-order valence-electron chi connectivity index (χ4n) is 3.15. The molecule has 1 aromatic carbocycles. The molecule has 158 valence electrons. The molecule has 4 nitrogen and oxygen atoms in total. The predicted molar refractivity (Wildman–Crippen MR) is 105 cm³/mol. The first-order chi connectivity index (χ1) is 13.8. The van der Waals surface area contributed by atoms with E-state index in [9.17, 15) is 13.2 Å². The number of nitrogens with zero attached hydrogens (tertiary/aromatic N) is 2. The number of alkyl halides is 3. The third-order valence-electron chi connectivity index (χ3n) is 4.60. The first-order valence-electron chi connectivity index (χ1n) is 9.91. The second kappa shape index (κ2) is 10.9. The Hall–Kier alpha value is -2.49. The van der Waals surface area contributed by atoms with Crippen LogP contribution in [-0.4, -0.2) is 16.7 Å². The van der Waals surface area contributed by atoms with E-state index in [1.807, 2.05) is 13.8 Å². The number of aryl methyl sites for hydroxylation is 2. The van der Waals surface area contributed by atoms with E-state index in [1.165, 1.54) is 25.7 Å². The summed E-state index contributed by atoms with van der Waals surface area (Å²) in [6.07, 6.45) is 9.41. The van der Waals surface area contributed by atoms with Crippen LogP contribution in [0.15, 0.2) is 16.7 Å². The minimum Gasteiger partial charge on any atom is -0.493 e. The lowest BCUT2D eigenvalue weighted by atomic mass is 10.1. The molecule has 7 heteroatoms. The summed E-state index contributed by atoms with van der Waals surface area (Å²) in [4.78, 5) is 3.44. The molecule has 0 radical (unpaired) electrons. The van der Waals surface area contributed by atoms with Crippen molar-refractivity contribution in [1.82, 2.24) is 10.1 Å². The molecule has 0 fully saturated rings. The van der Waals surface area contributed by atoms with Gasteiger partial charge in [0.1, 0.15) is 5.75 Å². The molecule has 0 saturated heterocycles. The van der Waals surface area contributed by atoms with Gasteiger partial charge in [0.05, 0.1) is 6.61 Å². The van der Waals surface area contributed by atoms with E-state index in [2.05, 4.69) is 20.6 Å². The van der Waals surface area contributed by atoms with Gasteiger partial charge in [0.15, 0.2) is 0 Å². The van der Waals surface area contributed by atoms with Crippen LogP contribution in [0, 0.1) is 26.2 Å². The van der Waals surface area contributed by atoms with Crippen LogP contribution in [0.1, 0.15) is 68.4 Å². The number of hydrogen-bond acceptors (Lipinski definition) is 4. The lowest BCUT2D eigenvalue weighted by molar-refractivity contribution is -0.159. The Morgan fingerprint density at radius 3 is 2.14 bits per heavy atom. The van der Waals surface area contributed by atoms with E-state index in [0.29, 0.717) is 12.2 Å². The van der Waals surface area contributed by atoms with Gasteiger partial charge >= 0.3 is 12.1 Å². The van der Waals surface area contributed by atoms with Gasteiger partial charge in [-0.05, 0) is 49.9 Å². The maximum atomic E-state index is 12.6. The normalized spacial score (nSPS) is 11.4. The third kappa shape index (κ3) is 7.12. The van der Waals surface area contributed by atoms with Gasteiger partial charge in [-0.3, -0.25) is 0 Å². The Bertz CT molecular complexity index is 799. The highest BCUT2D eigenvalue weighted by atomic mass is 19.4. The fraction of sp³-hybridized carbons (Fsp3) is 0.545. The molecule has 0 unspecified atom stereocenters. The Balaban J connectivity index is 1.81. The predicted octanol–water partition coefficient (Wildman–Crippen LogP) is 6.51. The minimum absolute atomic E-state index is 0.0858. The Morgan fingerprint density at radius 1 is 1.00 bits per heavy atom. The first kappa shape index (κ1) is 22.8. The third-order valence-corrected chi connectivity index (χ3v) is 4.60. The smallest absolute Gasteiger partial charge is 0.471 e. The highest BCUT2D eigenvalue weighted by Gasteiger charge is 2.38.